The second kappa shape index (κ2) is 3.58. The van der Waals surface area contributed by atoms with E-state index in [1.54, 1.807) is 0 Å². The van der Waals surface area contributed by atoms with Crippen molar-refractivity contribution < 1.29 is 0 Å². The number of hydrogen-bond donors (Lipinski definition) is 1. The van der Waals surface area contributed by atoms with E-state index in [4.69, 9.17) is 0 Å². The first-order valence-corrected chi connectivity index (χ1v) is 5.52. The van der Waals surface area contributed by atoms with Crippen LogP contribution in [0.1, 0.15) is 30.7 Å². The largest absolute Gasteiger partial charge is 0.309 e. The predicted octanol–water partition coefficient (Wildman–Crippen LogP) is 2.81. The topological polar surface area (TPSA) is 12.0 Å². The van der Waals surface area contributed by atoms with E-state index in [0.717, 1.165) is 5.92 Å². The van der Waals surface area contributed by atoms with Gasteiger partial charge >= 0.3 is 0 Å². The van der Waals surface area contributed by atoms with Gasteiger partial charge in [0.15, 0.2) is 0 Å². The Hall–Kier alpha value is -0.340. The maximum absolute atomic E-state index is 3.58. The van der Waals surface area contributed by atoms with Gasteiger partial charge in [-0.3, -0.25) is 0 Å². The first-order valence-electron chi connectivity index (χ1n) is 4.65. The summed E-state index contributed by atoms with van der Waals surface area (Å²) in [6.07, 6.45) is 2.71. The third kappa shape index (κ3) is 1.54. The summed E-state index contributed by atoms with van der Waals surface area (Å²) in [6, 6.07) is 5.01. The molecular weight excluding hydrogens is 166 g/mol. The Morgan fingerprint density at radius 1 is 1.58 bits per heavy atom. The molecule has 1 aromatic heterocycles. The molecule has 2 heterocycles. The third-order valence-electron chi connectivity index (χ3n) is 2.62. The van der Waals surface area contributed by atoms with Crippen molar-refractivity contribution in [2.24, 2.45) is 5.92 Å². The lowest BCUT2D eigenvalue weighted by Gasteiger charge is -2.29. The normalized spacial score (nSPS) is 30.4. The van der Waals surface area contributed by atoms with Gasteiger partial charge in [-0.2, -0.15) is 0 Å². The molecule has 1 aromatic rings. The lowest BCUT2D eigenvalue weighted by molar-refractivity contribution is 0.310. The fraction of sp³-hybridized carbons (Fsp3) is 0.600. The Balaban J connectivity index is 2.11. The van der Waals surface area contributed by atoms with E-state index in [9.17, 15) is 0 Å². The molecule has 0 spiro atoms. The molecule has 1 aliphatic rings. The Morgan fingerprint density at radius 2 is 2.50 bits per heavy atom. The Morgan fingerprint density at radius 3 is 3.17 bits per heavy atom. The van der Waals surface area contributed by atoms with Crippen molar-refractivity contribution >= 4 is 11.3 Å². The summed E-state index contributed by atoms with van der Waals surface area (Å²) in [7, 11) is 0. The molecule has 1 saturated heterocycles. The summed E-state index contributed by atoms with van der Waals surface area (Å²) in [5.74, 6) is 0.803. The minimum atomic E-state index is 0.624. The molecule has 2 rings (SSSR count). The van der Waals surface area contributed by atoms with Crippen LogP contribution in [0.3, 0.4) is 0 Å². The Kier molecular flexibility index (Phi) is 2.47. The van der Waals surface area contributed by atoms with Gasteiger partial charge in [-0.05, 0) is 36.8 Å². The number of nitrogens with one attached hydrogen (secondary N) is 1. The lowest BCUT2D eigenvalue weighted by atomic mass is 9.92. The summed E-state index contributed by atoms with van der Waals surface area (Å²) < 4.78 is 0. The van der Waals surface area contributed by atoms with E-state index in [1.165, 1.54) is 24.3 Å². The molecule has 0 amide bonds. The van der Waals surface area contributed by atoms with Crippen LogP contribution in [0.25, 0.3) is 0 Å². The highest BCUT2D eigenvalue weighted by Crippen LogP contribution is 2.31. The molecule has 1 fully saturated rings. The third-order valence-corrected chi connectivity index (χ3v) is 3.57. The molecule has 1 N–H and O–H groups in total. The molecule has 0 radical (unpaired) electrons. The van der Waals surface area contributed by atoms with Gasteiger partial charge in [0.25, 0.3) is 0 Å². The van der Waals surface area contributed by atoms with Crippen molar-refractivity contribution in [2.45, 2.75) is 25.8 Å². The highest BCUT2D eigenvalue weighted by molar-refractivity contribution is 7.10. The van der Waals surface area contributed by atoms with Crippen molar-refractivity contribution in [3.05, 3.63) is 22.4 Å². The zero-order chi connectivity index (χ0) is 8.39. The smallest absolute Gasteiger partial charge is 0.0440 e. The molecule has 0 aliphatic carbocycles. The first-order chi connectivity index (χ1) is 5.88. The minimum absolute atomic E-state index is 0.624. The summed E-state index contributed by atoms with van der Waals surface area (Å²) in [6.45, 7) is 3.53. The van der Waals surface area contributed by atoms with Gasteiger partial charge in [0.1, 0.15) is 0 Å². The molecule has 12 heavy (non-hydrogen) atoms. The summed E-state index contributed by atoms with van der Waals surface area (Å²) in [5, 5.41) is 5.75. The van der Waals surface area contributed by atoms with Crippen LogP contribution >= 0.6 is 11.3 Å². The monoisotopic (exact) mass is 181 g/mol. The van der Waals surface area contributed by atoms with Gasteiger partial charge in [-0.15, -0.1) is 11.3 Å². The van der Waals surface area contributed by atoms with Crippen molar-refractivity contribution in [1.29, 1.82) is 0 Å². The molecule has 1 nitrogen and oxygen atoms in total. The van der Waals surface area contributed by atoms with E-state index >= 15 is 0 Å². The van der Waals surface area contributed by atoms with Gasteiger partial charge < -0.3 is 5.32 Å². The Labute approximate surface area is 77.8 Å². The van der Waals surface area contributed by atoms with Gasteiger partial charge in [0, 0.05) is 10.9 Å². The molecule has 2 unspecified atom stereocenters. The number of thiophene rings is 1. The zero-order valence-electron chi connectivity index (χ0n) is 7.42. The molecule has 1 aliphatic heterocycles. The van der Waals surface area contributed by atoms with Crippen LogP contribution in [0.2, 0.25) is 0 Å². The molecular formula is C10H15NS. The quantitative estimate of drug-likeness (QED) is 0.702. The van der Waals surface area contributed by atoms with E-state index in [-0.39, 0.29) is 0 Å². The fourth-order valence-electron chi connectivity index (χ4n) is 1.90. The maximum Gasteiger partial charge on any atom is 0.0440 e. The highest BCUT2D eigenvalue weighted by Gasteiger charge is 2.22. The molecule has 0 saturated carbocycles. The number of hydrogen-bond acceptors (Lipinski definition) is 2. The SMILES string of the molecule is CC1CCCNC1c1cccs1. The van der Waals surface area contributed by atoms with E-state index in [1.807, 2.05) is 11.3 Å². The summed E-state index contributed by atoms with van der Waals surface area (Å²) >= 11 is 1.87. The summed E-state index contributed by atoms with van der Waals surface area (Å²) in [4.78, 5) is 1.50. The maximum atomic E-state index is 3.58. The van der Waals surface area contributed by atoms with Crippen LogP contribution in [0.15, 0.2) is 17.5 Å². The summed E-state index contributed by atoms with van der Waals surface area (Å²) in [5.41, 5.74) is 0. The molecule has 2 atom stereocenters. The fourth-order valence-corrected chi connectivity index (χ4v) is 2.83. The van der Waals surface area contributed by atoms with E-state index in [0.29, 0.717) is 6.04 Å². The second-order valence-corrected chi connectivity index (χ2v) is 4.55. The van der Waals surface area contributed by atoms with Gasteiger partial charge in [0.2, 0.25) is 0 Å². The molecule has 0 aromatic carbocycles. The highest BCUT2D eigenvalue weighted by atomic mass is 32.1. The second-order valence-electron chi connectivity index (χ2n) is 3.57. The van der Waals surface area contributed by atoms with E-state index in [2.05, 4.69) is 29.8 Å². The lowest BCUT2D eigenvalue weighted by Crippen LogP contribution is -2.32. The average molecular weight is 181 g/mol. The average Bonchev–Trinajstić information content (AvgIpc) is 2.57. The van der Waals surface area contributed by atoms with Gasteiger partial charge in [0.05, 0.1) is 0 Å². The molecule has 2 heteroatoms. The minimum Gasteiger partial charge on any atom is -0.309 e. The van der Waals surface area contributed by atoms with Crippen LogP contribution in [0.5, 0.6) is 0 Å². The molecule has 66 valence electrons. The van der Waals surface area contributed by atoms with Crippen LogP contribution in [-0.2, 0) is 0 Å². The van der Waals surface area contributed by atoms with Crippen molar-refractivity contribution in [3.63, 3.8) is 0 Å². The van der Waals surface area contributed by atoms with Gasteiger partial charge in [-0.25, -0.2) is 0 Å². The standard InChI is InChI=1S/C10H15NS/c1-8-4-2-6-11-10(8)9-5-3-7-12-9/h3,5,7-8,10-11H,2,4,6H2,1H3. The van der Waals surface area contributed by atoms with Crippen molar-refractivity contribution in [1.82, 2.24) is 5.32 Å². The van der Waals surface area contributed by atoms with Crippen LogP contribution in [0.4, 0.5) is 0 Å². The number of rotatable bonds is 1. The predicted molar refractivity (Wildman–Crippen MR) is 53.5 cm³/mol. The number of piperidine rings is 1. The van der Waals surface area contributed by atoms with Crippen molar-refractivity contribution in [2.75, 3.05) is 6.54 Å². The van der Waals surface area contributed by atoms with Crippen molar-refractivity contribution in [3.8, 4) is 0 Å². The van der Waals surface area contributed by atoms with Gasteiger partial charge in [-0.1, -0.05) is 13.0 Å². The Bertz CT molecular complexity index is 230. The zero-order valence-corrected chi connectivity index (χ0v) is 8.23. The van der Waals surface area contributed by atoms with E-state index < -0.39 is 0 Å². The van der Waals surface area contributed by atoms with Crippen LogP contribution < -0.4 is 5.32 Å². The van der Waals surface area contributed by atoms with Crippen LogP contribution in [-0.4, -0.2) is 6.54 Å². The molecule has 0 bridgehead atoms. The van der Waals surface area contributed by atoms with Crippen LogP contribution in [0, 0.1) is 5.92 Å². The first kappa shape index (κ1) is 8.27.